The number of ether oxygens (including phenoxy) is 1. The topological polar surface area (TPSA) is 57.1 Å². The van der Waals surface area contributed by atoms with Crippen molar-refractivity contribution in [1.29, 1.82) is 0 Å². The molecule has 1 fully saturated rings. The standard InChI is InChI=1S/C21H24F3N3O2/c1-2-25-20(26-13-15-6-8-18(28)9-7-15)27-10-11-29-19(14-27)16-4-3-5-17(12-16)21(22,23)24/h3-9,12,19,28H,2,10-11,13-14H2,1H3,(H,25,26). The third-order valence-electron chi connectivity index (χ3n) is 4.63. The lowest BCUT2D eigenvalue weighted by Crippen LogP contribution is -2.48. The summed E-state index contributed by atoms with van der Waals surface area (Å²) in [5.41, 5.74) is 0.767. The molecule has 29 heavy (non-hydrogen) atoms. The summed E-state index contributed by atoms with van der Waals surface area (Å²) in [5.74, 6) is 0.877. The smallest absolute Gasteiger partial charge is 0.416 e. The van der Waals surface area contributed by atoms with Crippen molar-refractivity contribution >= 4 is 5.96 Å². The van der Waals surface area contributed by atoms with Gasteiger partial charge in [0.05, 0.1) is 25.3 Å². The van der Waals surface area contributed by atoms with Crippen molar-refractivity contribution in [2.75, 3.05) is 26.2 Å². The molecular formula is C21H24F3N3O2. The molecule has 156 valence electrons. The zero-order valence-electron chi connectivity index (χ0n) is 16.1. The largest absolute Gasteiger partial charge is 0.508 e. The fraction of sp³-hybridized carbons (Fsp3) is 0.381. The maximum Gasteiger partial charge on any atom is 0.416 e. The van der Waals surface area contributed by atoms with Crippen LogP contribution in [0.4, 0.5) is 13.2 Å². The van der Waals surface area contributed by atoms with Gasteiger partial charge in [-0.05, 0) is 42.3 Å². The summed E-state index contributed by atoms with van der Waals surface area (Å²) in [7, 11) is 0. The normalized spacial score (nSPS) is 18.0. The highest BCUT2D eigenvalue weighted by molar-refractivity contribution is 5.80. The Labute approximate surface area is 167 Å². The average molecular weight is 407 g/mol. The number of aromatic hydroxyl groups is 1. The minimum absolute atomic E-state index is 0.196. The minimum Gasteiger partial charge on any atom is -0.508 e. The van der Waals surface area contributed by atoms with E-state index in [1.165, 1.54) is 6.07 Å². The van der Waals surface area contributed by atoms with Crippen LogP contribution in [0.5, 0.6) is 5.75 Å². The van der Waals surface area contributed by atoms with E-state index in [0.717, 1.165) is 17.7 Å². The van der Waals surface area contributed by atoms with Gasteiger partial charge in [0.25, 0.3) is 0 Å². The molecule has 0 spiro atoms. The Kier molecular flexibility index (Phi) is 6.64. The molecule has 8 heteroatoms. The SMILES string of the molecule is CCNC(=NCc1ccc(O)cc1)N1CCOC(c2cccc(C(F)(F)F)c2)C1. The van der Waals surface area contributed by atoms with E-state index in [4.69, 9.17) is 4.74 Å². The maximum atomic E-state index is 13.0. The monoisotopic (exact) mass is 407 g/mol. The Hall–Kier alpha value is -2.74. The molecule has 1 aliphatic heterocycles. The number of aliphatic imine (C=N–C) groups is 1. The molecular weight excluding hydrogens is 383 g/mol. The number of phenolic OH excluding ortho intramolecular Hbond substituents is 1. The van der Waals surface area contributed by atoms with E-state index in [-0.39, 0.29) is 5.75 Å². The van der Waals surface area contributed by atoms with Crippen molar-refractivity contribution in [3.8, 4) is 5.75 Å². The molecule has 2 N–H and O–H groups in total. The van der Waals surface area contributed by atoms with Crippen LogP contribution in [0.1, 0.15) is 29.7 Å². The van der Waals surface area contributed by atoms with E-state index in [1.807, 2.05) is 11.8 Å². The Morgan fingerprint density at radius 2 is 2.00 bits per heavy atom. The first-order chi connectivity index (χ1) is 13.9. The van der Waals surface area contributed by atoms with Gasteiger partial charge in [-0.1, -0.05) is 24.3 Å². The van der Waals surface area contributed by atoms with Gasteiger partial charge in [0.2, 0.25) is 0 Å². The van der Waals surface area contributed by atoms with E-state index in [0.29, 0.717) is 44.3 Å². The lowest BCUT2D eigenvalue weighted by atomic mass is 10.0. The van der Waals surface area contributed by atoms with Gasteiger partial charge in [0.1, 0.15) is 11.9 Å². The predicted octanol–water partition coefficient (Wildman–Crippen LogP) is 3.95. The summed E-state index contributed by atoms with van der Waals surface area (Å²) in [6.45, 7) is 4.44. The lowest BCUT2D eigenvalue weighted by Gasteiger charge is -2.35. The van der Waals surface area contributed by atoms with Crippen molar-refractivity contribution in [3.05, 3.63) is 65.2 Å². The van der Waals surface area contributed by atoms with Crippen LogP contribution in [-0.2, 0) is 17.5 Å². The van der Waals surface area contributed by atoms with E-state index in [9.17, 15) is 18.3 Å². The highest BCUT2D eigenvalue weighted by Crippen LogP contribution is 2.32. The molecule has 3 rings (SSSR count). The number of rotatable bonds is 4. The second-order valence-electron chi connectivity index (χ2n) is 6.77. The zero-order valence-corrected chi connectivity index (χ0v) is 16.1. The highest BCUT2D eigenvalue weighted by Gasteiger charge is 2.32. The average Bonchev–Trinajstić information content (AvgIpc) is 2.72. The van der Waals surface area contributed by atoms with Crippen LogP contribution in [0.2, 0.25) is 0 Å². The fourth-order valence-electron chi connectivity index (χ4n) is 3.15. The predicted molar refractivity (Wildman–Crippen MR) is 105 cm³/mol. The van der Waals surface area contributed by atoms with Crippen molar-refractivity contribution in [3.63, 3.8) is 0 Å². The van der Waals surface area contributed by atoms with Crippen molar-refractivity contribution in [1.82, 2.24) is 10.2 Å². The van der Waals surface area contributed by atoms with Gasteiger partial charge in [-0.25, -0.2) is 4.99 Å². The fourth-order valence-corrected chi connectivity index (χ4v) is 3.15. The first-order valence-corrected chi connectivity index (χ1v) is 9.46. The molecule has 1 heterocycles. The molecule has 0 saturated carbocycles. The molecule has 2 aromatic carbocycles. The summed E-state index contributed by atoms with van der Waals surface area (Å²) in [4.78, 5) is 6.63. The van der Waals surface area contributed by atoms with Gasteiger partial charge in [-0.2, -0.15) is 13.2 Å². The van der Waals surface area contributed by atoms with Crippen LogP contribution in [0.15, 0.2) is 53.5 Å². The second-order valence-corrected chi connectivity index (χ2v) is 6.77. The Morgan fingerprint density at radius 1 is 1.24 bits per heavy atom. The lowest BCUT2D eigenvalue weighted by molar-refractivity contribution is -0.137. The molecule has 0 radical (unpaired) electrons. The van der Waals surface area contributed by atoms with Gasteiger partial charge >= 0.3 is 6.18 Å². The summed E-state index contributed by atoms with van der Waals surface area (Å²) in [6, 6.07) is 12.1. The Balaban J connectivity index is 1.74. The van der Waals surface area contributed by atoms with Gasteiger partial charge in [-0.3, -0.25) is 0 Å². The Bertz CT molecular complexity index is 838. The van der Waals surface area contributed by atoms with E-state index >= 15 is 0 Å². The number of hydrogen-bond donors (Lipinski definition) is 2. The molecule has 0 bridgehead atoms. The van der Waals surface area contributed by atoms with Crippen LogP contribution >= 0.6 is 0 Å². The van der Waals surface area contributed by atoms with Crippen molar-refractivity contribution in [2.45, 2.75) is 25.7 Å². The summed E-state index contributed by atoms with van der Waals surface area (Å²) in [6.07, 6.45) is -4.85. The third-order valence-corrected chi connectivity index (χ3v) is 4.63. The zero-order chi connectivity index (χ0) is 20.9. The number of nitrogens with zero attached hydrogens (tertiary/aromatic N) is 2. The summed E-state index contributed by atoms with van der Waals surface area (Å²) >= 11 is 0. The third kappa shape index (κ3) is 5.63. The van der Waals surface area contributed by atoms with Gasteiger partial charge in [0.15, 0.2) is 5.96 Å². The van der Waals surface area contributed by atoms with Crippen LogP contribution in [-0.4, -0.2) is 42.2 Å². The van der Waals surface area contributed by atoms with Gasteiger partial charge in [0, 0.05) is 13.1 Å². The quantitative estimate of drug-likeness (QED) is 0.595. The Morgan fingerprint density at radius 3 is 2.69 bits per heavy atom. The van der Waals surface area contributed by atoms with Gasteiger partial charge in [-0.15, -0.1) is 0 Å². The number of alkyl halides is 3. The number of benzene rings is 2. The minimum atomic E-state index is -4.38. The number of halogens is 3. The van der Waals surface area contributed by atoms with Crippen LogP contribution in [0.3, 0.4) is 0 Å². The number of hydrogen-bond acceptors (Lipinski definition) is 3. The van der Waals surface area contributed by atoms with Crippen LogP contribution in [0.25, 0.3) is 0 Å². The molecule has 2 aromatic rings. The number of nitrogens with one attached hydrogen (secondary N) is 1. The molecule has 1 saturated heterocycles. The first-order valence-electron chi connectivity index (χ1n) is 9.46. The number of phenols is 1. The number of guanidine groups is 1. The van der Waals surface area contributed by atoms with Gasteiger partial charge < -0.3 is 20.1 Å². The molecule has 1 aliphatic rings. The van der Waals surface area contributed by atoms with Crippen molar-refractivity contribution < 1.29 is 23.0 Å². The van der Waals surface area contributed by atoms with Crippen molar-refractivity contribution in [2.24, 2.45) is 4.99 Å². The van der Waals surface area contributed by atoms with E-state index in [1.54, 1.807) is 30.3 Å². The van der Waals surface area contributed by atoms with E-state index in [2.05, 4.69) is 10.3 Å². The molecule has 0 aliphatic carbocycles. The highest BCUT2D eigenvalue weighted by atomic mass is 19.4. The molecule has 0 amide bonds. The van der Waals surface area contributed by atoms with E-state index < -0.39 is 17.8 Å². The summed E-state index contributed by atoms with van der Waals surface area (Å²) in [5, 5.41) is 12.6. The second kappa shape index (κ2) is 9.17. The summed E-state index contributed by atoms with van der Waals surface area (Å²) < 4.78 is 44.8. The maximum absolute atomic E-state index is 13.0. The molecule has 0 aromatic heterocycles. The molecule has 1 unspecified atom stereocenters. The molecule has 1 atom stereocenters. The molecule has 5 nitrogen and oxygen atoms in total. The van der Waals surface area contributed by atoms with Crippen LogP contribution < -0.4 is 5.32 Å². The number of morpholine rings is 1. The van der Waals surface area contributed by atoms with Crippen LogP contribution in [0, 0.1) is 0 Å². The first kappa shape index (κ1) is 21.0.